The standard InChI is InChI=1S/C16H25FN2O4S.ClH/c1-5-23-16(20)12-8-13(17)10-14(9-12)24(21,22)19(4)7-6-15(18)11(2)3;/h8-11,15H,5-7,18H2,1-4H3;1H. The molecule has 2 N–H and O–H groups in total. The molecule has 25 heavy (non-hydrogen) atoms. The van der Waals surface area contributed by atoms with Crippen LogP contribution < -0.4 is 5.73 Å². The van der Waals surface area contributed by atoms with Gasteiger partial charge in [0.25, 0.3) is 0 Å². The van der Waals surface area contributed by atoms with Crippen molar-refractivity contribution >= 4 is 28.4 Å². The average Bonchev–Trinajstić information content (AvgIpc) is 2.51. The highest BCUT2D eigenvalue weighted by Gasteiger charge is 2.24. The molecule has 1 rings (SSSR count). The third-order valence-corrected chi connectivity index (χ3v) is 5.56. The number of sulfonamides is 1. The zero-order valence-corrected chi connectivity index (χ0v) is 16.5. The Morgan fingerprint density at radius 1 is 1.32 bits per heavy atom. The lowest BCUT2D eigenvalue weighted by atomic mass is 10.0. The Balaban J connectivity index is 0.00000576. The fourth-order valence-electron chi connectivity index (χ4n) is 2.01. The molecule has 0 aliphatic heterocycles. The molecule has 0 bridgehead atoms. The Labute approximate surface area is 155 Å². The smallest absolute Gasteiger partial charge is 0.338 e. The van der Waals surface area contributed by atoms with E-state index in [1.807, 2.05) is 13.8 Å². The number of benzene rings is 1. The van der Waals surface area contributed by atoms with Gasteiger partial charge < -0.3 is 10.5 Å². The molecular weight excluding hydrogens is 371 g/mol. The van der Waals surface area contributed by atoms with Gasteiger partial charge in [-0.25, -0.2) is 21.9 Å². The van der Waals surface area contributed by atoms with Gasteiger partial charge in [0.15, 0.2) is 0 Å². The van der Waals surface area contributed by atoms with Gasteiger partial charge in [0.2, 0.25) is 10.0 Å². The molecule has 0 radical (unpaired) electrons. The first kappa shape index (κ1) is 23.8. The van der Waals surface area contributed by atoms with Crippen molar-refractivity contribution in [1.82, 2.24) is 4.31 Å². The van der Waals surface area contributed by atoms with E-state index in [2.05, 4.69) is 0 Å². The maximum absolute atomic E-state index is 13.7. The summed E-state index contributed by atoms with van der Waals surface area (Å²) in [6.45, 7) is 5.84. The molecule has 1 aromatic carbocycles. The lowest BCUT2D eigenvalue weighted by Crippen LogP contribution is -2.34. The van der Waals surface area contributed by atoms with Crippen LogP contribution in [0.3, 0.4) is 0 Å². The molecule has 6 nitrogen and oxygen atoms in total. The summed E-state index contributed by atoms with van der Waals surface area (Å²) in [5.74, 6) is -1.35. The number of esters is 1. The topological polar surface area (TPSA) is 89.7 Å². The third-order valence-electron chi connectivity index (χ3n) is 3.72. The van der Waals surface area contributed by atoms with Crippen molar-refractivity contribution in [3.63, 3.8) is 0 Å². The maximum Gasteiger partial charge on any atom is 0.338 e. The van der Waals surface area contributed by atoms with Crippen molar-refractivity contribution in [2.45, 2.75) is 38.1 Å². The first-order valence-corrected chi connectivity index (χ1v) is 9.23. The number of nitrogens with zero attached hydrogens (tertiary/aromatic N) is 1. The zero-order valence-electron chi connectivity index (χ0n) is 14.9. The molecular formula is C16H26ClFN2O4S. The molecule has 0 aromatic heterocycles. The van der Waals surface area contributed by atoms with E-state index < -0.39 is 21.8 Å². The number of halogens is 2. The van der Waals surface area contributed by atoms with E-state index >= 15 is 0 Å². The number of hydrogen-bond acceptors (Lipinski definition) is 5. The fourth-order valence-corrected chi connectivity index (χ4v) is 3.25. The minimum atomic E-state index is -3.92. The van der Waals surface area contributed by atoms with Crippen LogP contribution in [0.15, 0.2) is 23.1 Å². The first-order chi connectivity index (χ1) is 11.1. The van der Waals surface area contributed by atoms with Crippen molar-refractivity contribution < 1.29 is 22.3 Å². The predicted molar refractivity (Wildman–Crippen MR) is 96.9 cm³/mol. The quantitative estimate of drug-likeness (QED) is 0.681. The van der Waals surface area contributed by atoms with E-state index in [0.717, 1.165) is 22.5 Å². The zero-order chi connectivity index (χ0) is 18.5. The Bertz CT molecular complexity index is 683. The Morgan fingerprint density at radius 2 is 1.92 bits per heavy atom. The molecule has 1 unspecified atom stereocenters. The monoisotopic (exact) mass is 396 g/mol. The Hall–Kier alpha value is -1.22. The Kier molecular flexibility index (Phi) is 9.57. The van der Waals surface area contributed by atoms with Crippen LogP contribution in [-0.4, -0.2) is 44.9 Å². The van der Waals surface area contributed by atoms with Crippen LogP contribution in [0, 0.1) is 11.7 Å². The van der Waals surface area contributed by atoms with Crippen LogP contribution in [0.4, 0.5) is 4.39 Å². The second-order valence-corrected chi connectivity index (χ2v) is 7.96. The molecule has 0 saturated heterocycles. The van der Waals surface area contributed by atoms with Crippen LogP contribution >= 0.6 is 12.4 Å². The highest BCUT2D eigenvalue weighted by atomic mass is 35.5. The lowest BCUT2D eigenvalue weighted by Gasteiger charge is -2.21. The van der Waals surface area contributed by atoms with Crippen LogP contribution in [0.25, 0.3) is 0 Å². The van der Waals surface area contributed by atoms with E-state index in [0.29, 0.717) is 6.42 Å². The fraction of sp³-hybridized carbons (Fsp3) is 0.562. The number of carbonyl (C=O) groups is 1. The molecule has 144 valence electrons. The number of carbonyl (C=O) groups excluding carboxylic acids is 1. The van der Waals surface area contributed by atoms with Crippen molar-refractivity contribution in [2.24, 2.45) is 11.7 Å². The molecule has 0 spiro atoms. The van der Waals surface area contributed by atoms with E-state index in [1.54, 1.807) is 6.92 Å². The van der Waals surface area contributed by atoms with Gasteiger partial charge in [0.1, 0.15) is 5.82 Å². The number of rotatable bonds is 8. The van der Waals surface area contributed by atoms with E-state index in [1.165, 1.54) is 7.05 Å². The summed E-state index contributed by atoms with van der Waals surface area (Å²) in [7, 11) is -2.52. The summed E-state index contributed by atoms with van der Waals surface area (Å²) in [4.78, 5) is 11.4. The summed E-state index contributed by atoms with van der Waals surface area (Å²) in [6, 6.07) is 2.82. The van der Waals surface area contributed by atoms with Gasteiger partial charge in [-0.15, -0.1) is 12.4 Å². The molecule has 0 fully saturated rings. The van der Waals surface area contributed by atoms with Gasteiger partial charge in [-0.3, -0.25) is 0 Å². The molecule has 0 aliphatic rings. The van der Waals surface area contributed by atoms with Crippen LogP contribution in [0.2, 0.25) is 0 Å². The summed E-state index contributed by atoms with van der Waals surface area (Å²) in [6.07, 6.45) is 0.480. The molecule has 9 heteroatoms. The molecule has 0 saturated carbocycles. The summed E-state index contributed by atoms with van der Waals surface area (Å²) in [5.41, 5.74) is 5.79. The van der Waals surface area contributed by atoms with E-state index in [4.69, 9.17) is 10.5 Å². The second-order valence-electron chi connectivity index (χ2n) is 5.92. The second kappa shape index (κ2) is 10.1. The SMILES string of the molecule is CCOC(=O)c1cc(F)cc(S(=O)(=O)N(C)CCC(N)C(C)C)c1.Cl. The molecule has 1 atom stereocenters. The van der Waals surface area contributed by atoms with Crippen LogP contribution in [-0.2, 0) is 14.8 Å². The van der Waals surface area contributed by atoms with Gasteiger partial charge in [-0.1, -0.05) is 13.8 Å². The first-order valence-electron chi connectivity index (χ1n) is 7.79. The predicted octanol–water partition coefficient (Wildman–Crippen LogP) is 2.42. The molecule has 0 amide bonds. The number of nitrogens with two attached hydrogens (primary N) is 1. The number of ether oxygens (including phenoxy) is 1. The van der Waals surface area contributed by atoms with Gasteiger partial charge in [0.05, 0.1) is 17.1 Å². The molecule has 0 heterocycles. The Morgan fingerprint density at radius 3 is 2.44 bits per heavy atom. The average molecular weight is 397 g/mol. The van der Waals surface area contributed by atoms with E-state index in [-0.39, 0.29) is 48.0 Å². The highest BCUT2D eigenvalue weighted by Crippen LogP contribution is 2.19. The van der Waals surface area contributed by atoms with Gasteiger partial charge >= 0.3 is 5.97 Å². The van der Waals surface area contributed by atoms with E-state index in [9.17, 15) is 17.6 Å². The molecule has 0 aliphatic carbocycles. The minimum Gasteiger partial charge on any atom is -0.462 e. The minimum absolute atomic E-state index is 0. The van der Waals surface area contributed by atoms with Gasteiger partial charge in [-0.05, 0) is 37.5 Å². The van der Waals surface area contributed by atoms with Gasteiger partial charge in [-0.2, -0.15) is 0 Å². The van der Waals surface area contributed by atoms with Crippen molar-refractivity contribution in [3.8, 4) is 0 Å². The maximum atomic E-state index is 13.7. The highest BCUT2D eigenvalue weighted by molar-refractivity contribution is 7.89. The van der Waals surface area contributed by atoms with Crippen molar-refractivity contribution in [3.05, 3.63) is 29.6 Å². The normalized spacial score (nSPS) is 12.8. The van der Waals surface area contributed by atoms with Crippen molar-refractivity contribution in [1.29, 1.82) is 0 Å². The molecule has 1 aromatic rings. The van der Waals surface area contributed by atoms with Crippen LogP contribution in [0.5, 0.6) is 0 Å². The summed E-state index contributed by atoms with van der Waals surface area (Å²) < 4.78 is 44.8. The summed E-state index contributed by atoms with van der Waals surface area (Å²) >= 11 is 0. The lowest BCUT2D eigenvalue weighted by molar-refractivity contribution is 0.0525. The van der Waals surface area contributed by atoms with Gasteiger partial charge in [0, 0.05) is 19.6 Å². The summed E-state index contributed by atoms with van der Waals surface area (Å²) in [5, 5.41) is 0. The van der Waals surface area contributed by atoms with Crippen molar-refractivity contribution in [2.75, 3.05) is 20.2 Å². The largest absolute Gasteiger partial charge is 0.462 e. The third kappa shape index (κ3) is 6.54. The number of hydrogen-bond donors (Lipinski definition) is 1. The van der Waals surface area contributed by atoms with Crippen LogP contribution in [0.1, 0.15) is 37.6 Å².